The van der Waals surface area contributed by atoms with Crippen LogP contribution in [0.1, 0.15) is 50.2 Å². The Morgan fingerprint density at radius 2 is 1.95 bits per heavy atom. The van der Waals surface area contributed by atoms with E-state index in [1.807, 2.05) is 0 Å². The van der Waals surface area contributed by atoms with Crippen LogP contribution in [0.4, 0.5) is 0 Å². The smallest absolute Gasteiger partial charge is 0.0471 e. The van der Waals surface area contributed by atoms with Crippen molar-refractivity contribution in [3.05, 3.63) is 35.4 Å². The second-order valence-corrected chi connectivity index (χ2v) is 7.11. The van der Waals surface area contributed by atoms with Gasteiger partial charge in [0.15, 0.2) is 0 Å². The Morgan fingerprint density at radius 1 is 1.19 bits per heavy atom. The number of hydrogen-bond donors (Lipinski definition) is 1. The van der Waals surface area contributed by atoms with E-state index in [4.69, 9.17) is 0 Å². The lowest BCUT2D eigenvalue weighted by Gasteiger charge is -2.47. The minimum absolute atomic E-state index is 0.356. The van der Waals surface area contributed by atoms with Gasteiger partial charge in [-0.3, -0.25) is 0 Å². The van der Waals surface area contributed by atoms with Crippen LogP contribution in [0.2, 0.25) is 0 Å². The van der Waals surface area contributed by atoms with Crippen molar-refractivity contribution in [2.45, 2.75) is 50.9 Å². The van der Waals surface area contributed by atoms with Gasteiger partial charge in [0.25, 0.3) is 0 Å². The first-order valence-corrected chi connectivity index (χ1v) is 8.68. The maximum absolute atomic E-state index is 9.43. The van der Waals surface area contributed by atoms with Crippen LogP contribution in [0.25, 0.3) is 0 Å². The lowest BCUT2D eigenvalue weighted by atomic mass is 9.64. The van der Waals surface area contributed by atoms with Crippen molar-refractivity contribution in [2.24, 2.45) is 5.92 Å². The Morgan fingerprint density at radius 3 is 2.52 bits per heavy atom. The summed E-state index contributed by atoms with van der Waals surface area (Å²) in [6.07, 6.45) is 7.60. The molecule has 0 unspecified atom stereocenters. The highest BCUT2D eigenvalue weighted by Crippen LogP contribution is 2.44. The van der Waals surface area contributed by atoms with Crippen LogP contribution in [0.15, 0.2) is 24.3 Å². The normalized spacial score (nSPS) is 25.5. The molecule has 0 spiro atoms. The number of rotatable bonds is 5. The molecule has 1 aromatic rings. The monoisotopic (exact) mass is 287 g/mol. The molecule has 0 aromatic heterocycles. The molecule has 116 valence electrons. The highest BCUT2D eigenvalue weighted by atomic mass is 16.3. The van der Waals surface area contributed by atoms with Gasteiger partial charge >= 0.3 is 0 Å². The van der Waals surface area contributed by atoms with E-state index in [2.05, 4.69) is 36.1 Å². The van der Waals surface area contributed by atoms with Gasteiger partial charge in [0.2, 0.25) is 0 Å². The third-order valence-corrected chi connectivity index (χ3v) is 5.67. The summed E-state index contributed by atoms with van der Waals surface area (Å²) in [5.74, 6) is 0.498. The lowest BCUT2D eigenvalue weighted by Crippen LogP contribution is -2.49. The molecule has 1 heterocycles. The molecule has 1 aliphatic carbocycles. The van der Waals surface area contributed by atoms with Crippen molar-refractivity contribution in [2.75, 3.05) is 26.2 Å². The summed E-state index contributed by atoms with van der Waals surface area (Å²) in [6.45, 7) is 6.07. The maximum Gasteiger partial charge on any atom is 0.0471 e. The number of aliphatic hydroxyl groups excluding tert-OH is 1. The second-order valence-electron chi connectivity index (χ2n) is 7.11. The van der Waals surface area contributed by atoms with Crippen molar-refractivity contribution in [3.8, 4) is 0 Å². The summed E-state index contributed by atoms with van der Waals surface area (Å²) in [6, 6.07) is 9.35. The van der Waals surface area contributed by atoms with Crippen molar-refractivity contribution < 1.29 is 5.11 Å². The van der Waals surface area contributed by atoms with Crippen molar-refractivity contribution in [1.29, 1.82) is 0 Å². The van der Waals surface area contributed by atoms with E-state index >= 15 is 0 Å². The van der Waals surface area contributed by atoms with Crippen molar-refractivity contribution >= 4 is 0 Å². The number of benzene rings is 1. The lowest BCUT2D eigenvalue weighted by molar-refractivity contribution is 0.0769. The molecule has 2 aliphatic rings. The van der Waals surface area contributed by atoms with E-state index in [9.17, 15) is 5.11 Å². The van der Waals surface area contributed by atoms with Crippen LogP contribution in [0.5, 0.6) is 0 Å². The summed E-state index contributed by atoms with van der Waals surface area (Å²) in [7, 11) is 0. The van der Waals surface area contributed by atoms with Crippen LogP contribution in [0.3, 0.4) is 0 Å². The van der Waals surface area contributed by atoms with Gasteiger partial charge in [0.05, 0.1) is 0 Å². The van der Waals surface area contributed by atoms with Crippen molar-refractivity contribution in [3.63, 3.8) is 0 Å². The van der Waals surface area contributed by atoms with Crippen LogP contribution in [-0.4, -0.2) is 36.2 Å². The summed E-state index contributed by atoms with van der Waals surface area (Å²) < 4.78 is 0. The minimum atomic E-state index is 0.356. The zero-order chi connectivity index (χ0) is 14.7. The van der Waals surface area contributed by atoms with E-state index < -0.39 is 0 Å². The fourth-order valence-corrected chi connectivity index (χ4v) is 4.11. The zero-order valence-corrected chi connectivity index (χ0v) is 13.4. The van der Waals surface area contributed by atoms with E-state index in [0.29, 0.717) is 17.9 Å². The Labute approximate surface area is 129 Å². The Bertz CT molecular complexity index is 449. The van der Waals surface area contributed by atoms with E-state index in [1.54, 1.807) is 0 Å². The largest absolute Gasteiger partial charge is 0.396 e. The first-order valence-electron chi connectivity index (χ1n) is 8.68. The number of hydrogen-bond acceptors (Lipinski definition) is 2. The molecule has 1 aliphatic heterocycles. The van der Waals surface area contributed by atoms with Gasteiger partial charge in [-0.1, -0.05) is 37.6 Å². The van der Waals surface area contributed by atoms with Crippen LogP contribution < -0.4 is 0 Å². The fourth-order valence-electron chi connectivity index (χ4n) is 4.11. The molecular formula is C19H29NO. The molecule has 2 heteroatoms. The van der Waals surface area contributed by atoms with Gasteiger partial charge in [-0.05, 0) is 55.7 Å². The summed E-state index contributed by atoms with van der Waals surface area (Å²) >= 11 is 0. The zero-order valence-electron chi connectivity index (χ0n) is 13.4. The molecule has 2 fully saturated rings. The first-order chi connectivity index (χ1) is 10.3. The predicted octanol–water partition coefficient (Wildman–Crippen LogP) is 3.38. The number of nitrogens with zero attached hydrogens (tertiary/aromatic N) is 1. The number of aliphatic hydroxyl groups is 1. The first kappa shape index (κ1) is 15.1. The number of piperidine rings is 1. The van der Waals surface area contributed by atoms with Gasteiger partial charge in [-0.15, -0.1) is 0 Å². The Kier molecular flexibility index (Phi) is 4.66. The van der Waals surface area contributed by atoms with E-state index in [-0.39, 0.29) is 0 Å². The number of likely N-dealkylation sites (tertiary alicyclic amines) is 1. The molecule has 3 rings (SSSR count). The van der Waals surface area contributed by atoms with E-state index in [0.717, 1.165) is 13.0 Å². The third-order valence-electron chi connectivity index (χ3n) is 5.67. The van der Waals surface area contributed by atoms with Crippen LogP contribution in [-0.2, 0) is 11.8 Å². The standard InChI is InChI=1S/C19H29NO/c1-2-16-6-8-18(9-7-16)19(10-4-11-19)15-20-12-3-5-17(13-20)14-21/h6-9,17,21H,2-5,10-15H2,1H3/t17-/m0/s1. The van der Waals surface area contributed by atoms with Gasteiger partial charge in [-0.25, -0.2) is 0 Å². The predicted molar refractivity (Wildman–Crippen MR) is 87.6 cm³/mol. The summed E-state index contributed by atoms with van der Waals surface area (Å²) in [4.78, 5) is 2.61. The van der Waals surface area contributed by atoms with Crippen molar-refractivity contribution in [1.82, 2.24) is 4.90 Å². The van der Waals surface area contributed by atoms with Gasteiger partial charge in [0, 0.05) is 25.1 Å². The molecule has 0 radical (unpaired) electrons. The molecule has 0 bridgehead atoms. The second kappa shape index (κ2) is 6.50. The molecular weight excluding hydrogens is 258 g/mol. The molecule has 1 aromatic carbocycles. The molecule has 21 heavy (non-hydrogen) atoms. The summed E-state index contributed by atoms with van der Waals surface area (Å²) in [5.41, 5.74) is 3.37. The third kappa shape index (κ3) is 3.17. The van der Waals surface area contributed by atoms with Crippen LogP contribution in [0, 0.1) is 5.92 Å². The molecule has 1 N–H and O–H groups in total. The van der Waals surface area contributed by atoms with Gasteiger partial charge in [0.1, 0.15) is 0 Å². The maximum atomic E-state index is 9.43. The molecule has 2 nitrogen and oxygen atoms in total. The van der Waals surface area contributed by atoms with Gasteiger partial charge in [-0.2, -0.15) is 0 Å². The molecule has 0 amide bonds. The quantitative estimate of drug-likeness (QED) is 0.897. The molecule has 1 saturated heterocycles. The Hall–Kier alpha value is -0.860. The average molecular weight is 287 g/mol. The van der Waals surface area contributed by atoms with E-state index in [1.165, 1.54) is 56.3 Å². The van der Waals surface area contributed by atoms with Gasteiger partial charge < -0.3 is 10.0 Å². The number of aryl methyl sites for hydroxylation is 1. The highest BCUT2D eigenvalue weighted by molar-refractivity contribution is 5.32. The minimum Gasteiger partial charge on any atom is -0.396 e. The Balaban J connectivity index is 1.70. The van der Waals surface area contributed by atoms with Crippen LogP contribution >= 0.6 is 0 Å². The topological polar surface area (TPSA) is 23.5 Å². The highest BCUT2D eigenvalue weighted by Gasteiger charge is 2.40. The SMILES string of the molecule is CCc1ccc(C2(CN3CCC[C@H](CO)C3)CCC2)cc1. The average Bonchev–Trinajstić information content (AvgIpc) is 2.51. The summed E-state index contributed by atoms with van der Waals surface area (Å²) in [5, 5.41) is 9.43. The fraction of sp³-hybridized carbons (Fsp3) is 0.684. The molecule has 1 atom stereocenters. The molecule has 1 saturated carbocycles.